The van der Waals surface area contributed by atoms with Gasteiger partial charge in [-0.25, -0.2) is 14.3 Å². The number of fused-ring (bicyclic) bond motifs is 2. The van der Waals surface area contributed by atoms with Gasteiger partial charge in [-0.1, -0.05) is 29.2 Å². The maximum absolute atomic E-state index is 11.6. The van der Waals surface area contributed by atoms with Crippen LogP contribution in [0.4, 0.5) is 0 Å². The number of ether oxygens (including phenoxy) is 1. The molecule has 1 aromatic carbocycles. The molecule has 0 spiro atoms. The van der Waals surface area contributed by atoms with Crippen LogP contribution < -0.4 is 0 Å². The fraction of sp³-hybridized carbons (Fsp3) is 0.133. The van der Waals surface area contributed by atoms with Crippen LogP contribution in [0.3, 0.4) is 0 Å². The molecule has 0 atom stereocenters. The number of methoxy groups -OCH3 is 1. The molecular formula is C15H11N3O3S2. The number of hydrogen-bond acceptors (Lipinski definition) is 7. The molecule has 0 fully saturated rings. The average Bonchev–Trinajstić information content (AvgIpc) is 3.24. The van der Waals surface area contributed by atoms with E-state index in [4.69, 9.17) is 9.15 Å². The number of imidazole rings is 1. The smallest absolute Gasteiger partial charge is 0.337 e. The summed E-state index contributed by atoms with van der Waals surface area (Å²) in [6, 6.07) is 7.12. The Morgan fingerprint density at radius 3 is 3.00 bits per heavy atom. The molecular weight excluding hydrogens is 334 g/mol. The van der Waals surface area contributed by atoms with Crippen LogP contribution in [0.5, 0.6) is 0 Å². The van der Waals surface area contributed by atoms with Gasteiger partial charge in [0.15, 0.2) is 10.1 Å². The van der Waals surface area contributed by atoms with Crippen molar-refractivity contribution >= 4 is 45.0 Å². The fourth-order valence-electron chi connectivity index (χ4n) is 2.29. The molecule has 23 heavy (non-hydrogen) atoms. The predicted octanol–water partition coefficient (Wildman–Crippen LogP) is 3.71. The summed E-state index contributed by atoms with van der Waals surface area (Å²) in [6.07, 6.45) is 3.82. The first-order chi connectivity index (χ1) is 11.2. The van der Waals surface area contributed by atoms with Crippen molar-refractivity contribution in [2.75, 3.05) is 13.4 Å². The Labute approximate surface area is 139 Å². The molecule has 0 unspecified atom stereocenters. The summed E-state index contributed by atoms with van der Waals surface area (Å²) in [4.78, 5) is 16.9. The normalized spacial score (nSPS) is 11.4. The molecule has 6 nitrogen and oxygen atoms in total. The molecule has 0 radical (unpaired) electrons. The topological polar surface area (TPSA) is 69.6 Å². The van der Waals surface area contributed by atoms with E-state index in [1.165, 1.54) is 18.4 Å². The monoisotopic (exact) mass is 345 g/mol. The number of aromatic nitrogens is 3. The Morgan fingerprint density at radius 2 is 2.26 bits per heavy atom. The van der Waals surface area contributed by atoms with Gasteiger partial charge in [0.25, 0.3) is 0 Å². The molecule has 0 aliphatic carbocycles. The number of thioether (sulfide) groups is 1. The highest BCUT2D eigenvalue weighted by Crippen LogP contribution is 2.30. The third kappa shape index (κ3) is 2.40. The molecule has 4 aromatic rings. The lowest BCUT2D eigenvalue weighted by atomic mass is 10.1. The maximum Gasteiger partial charge on any atom is 0.337 e. The zero-order valence-electron chi connectivity index (χ0n) is 12.3. The third-order valence-electron chi connectivity index (χ3n) is 3.39. The van der Waals surface area contributed by atoms with Crippen molar-refractivity contribution in [3.8, 4) is 11.5 Å². The zero-order valence-corrected chi connectivity index (χ0v) is 13.9. The minimum atomic E-state index is -0.388. The number of hydrogen-bond donors (Lipinski definition) is 0. The molecule has 3 heterocycles. The Morgan fingerprint density at radius 1 is 1.39 bits per heavy atom. The number of carbonyl (C=O) groups is 1. The van der Waals surface area contributed by atoms with Crippen LogP contribution >= 0.6 is 23.1 Å². The predicted molar refractivity (Wildman–Crippen MR) is 89.2 cm³/mol. The van der Waals surface area contributed by atoms with E-state index in [0.29, 0.717) is 22.6 Å². The van der Waals surface area contributed by atoms with E-state index < -0.39 is 0 Å². The van der Waals surface area contributed by atoms with Crippen LogP contribution in [0, 0.1) is 0 Å². The highest BCUT2D eigenvalue weighted by Gasteiger charge is 2.14. The van der Waals surface area contributed by atoms with Crippen LogP contribution in [-0.2, 0) is 4.74 Å². The molecule has 0 aliphatic heterocycles. The summed E-state index contributed by atoms with van der Waals surface area (Å²) in [5, 5.41) is 5.32. The molecule has 4 rings (SSSR count). The van der Waals surface area contributed by atoms with Crippen LogP contribution in [0.1, 0.15) is 10.4 Å². The minimum absolute atomic E-state index is 0.388. The second-order valence-electron chi connectivity index (χ2n) is 4.78. The molecule has 0 amide bonds. The van der Waals surface area contributed by atoms with Crippen LogP contribution in [0.2, 0.25) is 0 Å². The van der Waals surface area contributed by atoms with Gasteiger partial charge in [-0.2, -0.15) is 0 Å². The van der Waals surface area contributed by atoms with Crippen molar-refractivity contribution in [3.63, 3.8) is 0 Å². The van der Waals surface area contributed by atoms with E-state index in [2.05, 4.69) is 10.1 Å². The molecule has 8 heteroatoms. The number of benzene rings is 1. The van der Waals surface area contributed by atoms with Gasteiger partial charge in [0.2, 0.25) is 4.96 Å². The number of nitrogens with zero attached hydrogens (tertiary/aromatic N) is 3. The quantitative estimate of drug-likeness (QED) is 0.416. The largest absolute Gasteiger partial charge is 0.465 e. The van der Waals surface area contributed by atoms with Gasteiger partial charge in [-0.05, 0) is 24.5 Å². The average molecular weight is 345 g/mol. The second kappa shape index (κ2) is 5.39. The first kappa shape index (κ1) is 14.3. The van der Waals surface area contributed by atoms with Crippen molar-refractivity contribution < 1.29 is 13.9 Å². The fourth-order valence-corrected chi connectivity index (χ4v) is 3.63. The van der Waals surface area contributed by atoms with Gasteiger partial charge in [0, 0.05) is 5.39 Å². The first-order valence-electron chi connectivity index (χ1n) is 6.70. The van der Waals surface area contributed by atoms with E-state index in [1.807, 2.05) is 24.6 Å². The summed E-state index contributed by atoms with van der Waals surface area (Å²) in [5.41, 5.74) is 1.79. The van der Waals surface area contributed by atoms with Crippen molar-refractivity contribution in [1.29, 1.82) is 0 Å². The zero-order chi connectivity index (χ0) is 16.0. The summed E-state index contributed by atoms with van der Waals surface area (Å²) in [5.74, 6) is 0.256. The molecule has 0 N–H and O–H groups in total. The molecule has 0 saturated heterocycles. The molecule has 116 valence electrons. The van der Waals surface area contributed by atoms with Gasteiger partial charge in [0.05, 0.1) is 18.9 Å². The van der Waals surface area contributed by atoms with Crippen molar-refractivity contribution in [2.45, 2.75) is 4.34 Å². The summed E-state index contributed by atoms with van der Waals surface area (Å²) in [7, 11) is 1.35. The Kier molecular flexibility index (Phi) is 3.35. The van der Waals surface area contributed by atoms with E-state index in [-0.39, 0.29) is 5.97 Å². The van der Waals surface area contributed by atoms with Crippen LogP contribution in [0.15, 0.2) is 39.2 Å². The number of furan rings is 1. The van der Waals surface area contributed by atoms with Crippen molar-refractivity contribution in [3.05, 3.63) is 36.0 Å². The van der Waals surface area contributed by atoms with E-state index in [9.17, 15) is 4.79 Å². The minimum Gasteiger partial charge on any atom is -0.465 e. The molecule has 0 bridgehead atoms. The number of rotatable bonds is 3. The van der Waals surface area contributed by atoms with Gasteiger partial charge in [0.1, 0.15) is 11.3 Å². The summed E-state index contributed by atoms with van der Waals surface area (Å²) in [6.45, 7) is 0. The SMILES string of the molecule is COC(=O)c1ccc2cc(-c3cn4nc(SC)sc4n3)oc2c1. The molecule has 3 aromatic heterocycles. The van der Waals surface area contributed by atoms with Gasteiger partial charge in [-0.15, -0.1) is 5.10 Å². The maximum atomic E-state index is 11.6. The third-order valence-corrected chi connectivity index (χ3v) is 5.29. The second-order valence-corrected chi connectivity index (χ2v) is 6.79. The Bertz CT molecular complexity index is 1000. The standard InChI is InChI=1S/C15H11N3O3S2/c1-20-13(19)9-4-3-8-5-12(21-11(8)6-9)10-7-18-14(16-10)23-15(17-18)22-2/h3-7H,1-2H3. The van der Waals surface area contributed by atoms with Gasteiger partial charge < -0.3 is 9.15 Å². The van der Waals surface area contributed by atoms with Crippen LogP contribution in [-0.4, -0.2) is 33.9 Å². The van der Waals surface area contributed by atoms with E-state index in [0.717, 1.165) is 14.7 Å². The van der Waals surface area contributed by atoms with Gasteiger partial charge in [-0.3, -0.25) is 0 Å². The number of carbonyl (C=O) groups excluding carboxylic acids is 1. The number of esters is 1. The highest BCUT2D eigenvalue weighted by molar-refractivity contribution is 8.00. The summed E-state index contributed by atoms with van der Waals surface area (Å²) < 4.78 is 13.3. The lowest BCUT2D eigenvalue weighted by Crippen LogP contribution is -1.99. The van der Waals surface area contributed by atoms with Gasteiger partial charge >= 0.3 is 5.97 Å². The van der Waals surface area contributed by atoms with E-state index >= 15 is 0 Å². The Hall–Kier alpha value is -2.32. The van der Waals surface area contributed by atoms with Crippen molar-refractivity contribution in [1.82, 2.24) is 14.6 Å². The lowest BCUT2D eigenvalue weighted by Gasteiger charge is -1.97. The van der Waals surface area contributed by atoms with Crippen LogP contribution in [0.25, 0.3) is 27.4 Å². The Balaban J connectivity index is 1.77. The van der Waals surface area contributed by atoms with E-state index in [1.54, 1.807) is 28.4 Å². The molecule has 0 saturated carbocycles. The highest BCUT2D eigenvalue weighted by atomic mass is 32.2. The lowest BCUT2D eigenvalue weighted by molar-refractivity contribution is 0.0601. The van der Waals surface area contributed by atoms with Crippen molar-refractivity contribution in [2.24, 2.45) is 0 Å². The summed E-state index contributed by atoms with van der Waals surface area (Å²) >= 11 is 3.12. The first-order valence-corrected chi connectivity index (χ1v) is 8.74. The molecule has 0 aliphatic rings.